The fourth-order valence-electron chi connectivity index (χ4n) is 5.18. The van der Waals surface area contributed by atoms with Crippen LogP contribution in [0.1, 0.15) is 33.5 Å². The molecule has 240 valence electrons. The fourth-order valence-corrected chi connectivity index (χ4v) is 5.85. The van der Waals surface area contributed by atoms with Crippen molar-refractivity contribution in [2.24, 2.45) is 0 Å². The molecule has 0 bridgehead atoms. The van der Waals surface area contributed by atoms with E-state index in [1.54, 1.807) is 79.3 Å². The van der Waals surface area contributed by atoms with Crippen LogP contribution in [0.25, 0.3) is 22.8 Å². The third-order valence-corrected chi connectivity index (χ3v) is 8.58. The first-order valence-corrected chi connectivity index (χ1v) is 17.0. The van der Waals surface area contributed by atoms with Crippen molar-refractivity contribution in [1.29, 1.82) is 0 Å². The molecule has 10 heteroatoms. The van der Waals surface area contributed by atoms with E-state index in [9.17, 15) is 26.8 Å². The van der Waals surface area contributed by atoms with Gasteiger partial charge in [0.1, 0.15) is 21.5 Å². The second-order valence-electron chi connectivity index (χ2n) is 11.3. The Labute approximate surface area is 272 Å². The Kier molecular flexibility index (Phi) is 10.5. The summed E-state index contributed by atoms with van der Waals surface area (Å²) in [5.41, 5.74) is 4.36. The summed E-state index contributed by atoms with van der Waals surface area (Å²) < 4.78 is 53.5. The van der Waals surface area contributed by atoms with Gasteiger partial charge in [0.25, 0.3) is 5.91 Å². The van der Waals surface area contributed by atoms with Crippen molar-refractivity contribution in [1.82, 2.24) is 14.9 Å². The molecule has 47 heavy (non-hydrogen) atoms. The van der Waals surface area contributed by atoms with Gasteiger partial charge in [-0.25, -0.2) is 22.2 Å². The van der Waals surface area contributed by atoms with Crippen LogP contribution in [0.15, 0.2) is 116 Å². The van der Waals surface area contributed by atoms with Gasteiger partial charge >= 0.3 is 0 Å². The summed E-state index contributed by atoms with van der Waals surface area (Å²) >= 11 is 0. The Balaban J connectivity index is 1.52. The topological polar surface area (TPSA) is 98.1 Å². The van der Waals surface area contributed by atoms with Crippen molar-refractivity contribution in [3.05, 3.63) is 150 Å². The molecular formula is C37H33F2N3O4S. The lowest BCUT2D eigenvalue weighted by molar-refractivity contribution is -0.120. The summed E-state index contributed by atoms with van der Waals surface area (Å²) in [6.07, 6.45) is 8.09. The number of hydrogen-bond acceptors (Lipinski definition) is 5. The number of imidazole rings is 1. The number of amides is 1. The molecule has 0 aliphatic heterocycles. The highest BCUT2D eigenvalue weighted by molar-refractivity contribution is 7.90. The third-order valence-electron chi connectivity index (χ3n) is 7.60. The molecule has 4 aromatic carbocycles. The van der Waals surface area contributed by atoms with Crippen molar-refractivity contribution in [2.75, 3.05) is 12.0 Å². The van der Waals surface area contributed by atoms with E-state index in [4.69, 9.17) is 0 Å². The van der Waals surface area contributed by atoms with E-state index in [2.05, 4.69) is 10.3 Å². The zero-order valence-electron chi connectivity index (χ0n) is 25.6. The van der Waals surface area contributed by atoms with E-state index in [1.807, 2.05) is 22.9 Å². The lowest BCUT2D eigenvalue weighted by atomic mass is 9.94. The molecule has 0 fully saturated rings. The number of carbonyl (C=O) groups is 2. The first-order chi connectivity index (χ1) is 22.5. The SMILES string of the molecule is CS(=O)(=O)CC[C@H](NC(=O)c1ccc(/C=C(/Cn2ccnc2)c2ccc(F)cc2)cc1-c1ccc(F)cc1)C(=O)Cc1ccccc1. The van der Waals surface area contributed by atoms with Gasteiger partial charge in [0.2, 0.25) is 0 Å². The number of benzene rings is 4. The summed E-state index contributed by atoms with van der Waals surface area (Å²) in [7, 11) is -3.41. The van der Waals surface area contributed by atoms with Crippen molar-refractivity contribution >= 4 is 33.2 Å². The average Bonchev–Trinajstić information content (AvgIpc) is 3.56. The number of halogens is 2. The van der Waals surface area contributed by atoms with Gasteiger partial charge in [0.05, 0.1) is 18.1 Å². The van der Waals surface area contributed by atoms with Crippen LogP contribution < -0.4 is 5.32 Å². The minimum atomic E-state index is -3.41. The second-order valence-corrected chi connectivity index (χ2v) is 13.6. The maximum absolute atomic E-state index is 13.9. The maximum Gasteiger partial charge on any atom is 0.252 e. The van der Waals surface area contributed by atoms with Crippen molar-refractivity contribution in [3.63, 3.8) is 0 Å². The van der Waals surface area contributed by atoms with E-state index in [0.717, 1.165) is 23.0 Å². The molecule has 1 heterocycles. The molecule has 0 spiro atoms. The predicted octanol–water partition coefficient (Wildman–Crippen LogP) is 6.41. The number of rotatable bonds is 13. The van der Waals surface area contributed by atoms with Crippen molar-refractivity contribution in [2.45, 2.75) is 25.4 Å². The first kappa shape index (κ1) is 33.2. The molecular weight excluding hydrogens is 620 g/mol. The van der Waals surface area contributed by atoms with Crippen LogP contribution in [-0.2, 0) is 27.6 Å². The highest BCUT2D eigenvalue weighted by Gasteiger charge is 2.25. The van der Waals surface area contributed by atoms with Gasteiger partial charge in [0.15, 0.2) is 5.78 Å². The number of allylic oxidation sites excluding steroid dienone is 1. The first-order valence-electron chi connectivity index (χ1n) is 14.9. The van der Waals surface area contributed by atoms with Crippen LogP contribution in [0, 0.1) is 11.6 Å². The van der Waals surface area contributed by atoms with E-state index in [0.29, 0.717) is 23.2 Å². The normalized spacial score (nSPS) is 12.4. The lowest BCUT2D eigenvalue weighted by Gasteiger charge is -2.19. The molecule has 0 aliphatic rings. The Bertz CT molecular complexity index is 1980. The number of sulfone groups is 1. The van der Waals surface area contributed by atoms with Crippen LogP contribution >= 0.6 is 0 Å². The molecule has 0 unspecified atom stereocenters. The molecule has 0 aliphatic carbocycles. The molecule has 5 aromatic rings. The van der Waals surface area contributed by atoms with Gasteiger partial charge in [-0.2, -0.15) is 0 Å². The van der Waals surface area contributed by atoms with Crippen molar-refractivity contribution < 1.29 is 26.8 Å². The van der Waals surface area contributed by atoms with Crippen LogP contribution in [0.5, 0.6) is 0 Å². The third kappa shape index (κ3) is 9.40. The van der Waals surface area contributed by atoms with E-state index in [1.165, 1.54) is 24.3 Å². The number of nitrogens with zero attached hydrogens (tertiary/aromatic N) is 2. The number of Topliss-reactive ketones (excluding diaryl/α,β-unsaturated/α-hetero) is 1. The average molecular weight is 654 g/mol. The van der Waals surface area contributed by atoms with Crippen LogP contribution in [0.2, 0.25) is 0 Å². The minimum absolute atomic E-state index is 0.0210. The highest BCUT2D eigenvalue weighted by Crippen LogP contribution is 2.29. The van der Waals surface area contributed by atoms with Gasteiger partial charge in [0, 0.05) is 37.2 Å². The standard InChI is InChI=1S/C37H33F2N3O4S/c1-47(45,46)20-17-35(36(43)23-26-5-3-2-4-6-26)41-37(44)33-16-7-27(22-34(33)29-10-14-32(39)15-11-29)21-30(24-42-19-18-40-25-42)28-8-12-31(38)13-9-28/h2-16,18-19,21-22,25,35H,17,20,23-24H2,1H3,(H,41,44)/b30-21-/t35-/m0/s1. The minimum Gasteiger partial charge on any atom is -0.342 e. The highest BCUT2D eigenvalue weighted by atomic mass is 32.2. The molecule has 7 nitrogen and oxygen atoms in total. The number of aromatic nitrogens is 2. The summed E-state index contributed by atoms with van der Waals surface area (Å²) in [5, 5.41) is 2.78. The Morgan fingerprint density at radius 1 is 0.915 bits per heavy atom. The fraction of sp³-hybridized carbons (Fsp3) is 0.162. The van der Waals surface area contributed by atoms with E-state index >= 15 is 0 Å². The molecule has 0 saturated heterocycles. The van der Waals surface area contributed by atoms with Gasteiger partial charge in [-0.15, -0.1) is 0 Å². The molecule has 1 N–H and O–H groups in total. The van der Waals surface area contributed by atoms with Crippen LogP contribution in [0.4, 0.5) is 8.78 Å². The van der Waals surface area contributed by atoms with Crippen LogP contribution in [0.3, 0.4) is 0 Å². The zero-order chi connectivity index (χ0) is 33.4. The number of ketones is 1. The Hall–Kier alpha value is -5.22. The monoisotopic (exact) mass is 653 g/mol. The number of carbonyl (C=O) groups excluding carboxylic acids is 2. The Morgan fingerprint density at radius 3 is 2.23 bits per heavy atom. The number of hydrogen-bond donors (Lipinski definition) is 1. The van der Waals surface area contributed by atoms with Gasteiger partial charge in [-0.1, -0.05) is 60.7 Å². The summed E-state index contributed by atoms with van der Waals surface area (Å²) in [4.78, 5) is 31.3. The van der Waals surface area contributed by atoms with Crippen molar-refractivity contribution in [3.8, 4) is 11.1 Å². The van der Waals surface area contributed by atoms with E-state index in [-0.39, 0.29) is 35.8 Å². The smallest absolute Gasteiger partial charge is 0.252 e. The molecule has 0 radical (unpaired) electrons. The number of nitrogens with one attached hydrogen (secondary N) is 1. The zero-order valence-corrected chi connectivity index (χ0v) is 26.5. The van der Waals surface area contributed by atoms with Crippen LogP contribution in [-0.4, -0.2) is 47.7 Å². The largest absolute Gasteiger partial charge is 0.342 e. The molecule has 1 atom stereocenters. The predicted molar refractivity (Wildman–Crippen MR) is 179 cm³/mol. The Morgan fingerprint density at radius 2 is 1.60 bits per heavy atom. The van der Waals surface area contributed by atoms with E-state index < -0.39 is 27.6 Å². The van der Waals surface area contributed by atoms with Gasteiger partial charge in [-0.05, 0) is 82.3 Å². The molecule has 5 rings (SSSR count). The lowest BCUT2D eigenvalue weighted by Crippen LogP contribution is -2.43. The summed E-state index contributed by atoms with van der Waals surface area (Å²) in [6.45, 7) is 0.436. The molecule has 1 aromatic heterocycles. The maximum atomic E-state index is 13.9. The summed E-state index contributed by atoms with van der Waals surface area (Å²) in [6, 6.07) is 24.9. The second kappa shape index (κ2) is 14.9. The molecule has 1 amide bonds. The quantitative estimate of drug-likeness (QED) is 0.148. The van der Waals surface area contributed by atoms with Gasteiger partial charge < -0.3 is 9.88 Å². The van der Waals surface area contributed by atoms with Gasteiger partial charge in [-0.3, -0.25) is 9.59 Å². The molecule has 0 saturated carbocycles. The summed E-state index contributed by atoms with van der Waals surface area (Å²) in [5.74, 6) is -1.98.